The van der Waals surface area contributed by atoms with Gasteiger partial charge in [0.25, 0.3) is 0 Å². The molecule has 0 radical (unpaired) electrons. The number of benzene rings is 2. The first-order valence-electron chi connectivity index (χ1n) is 8.96. The molecule has 7 nitrogen and oxygen atoms in total. The fourth-order valence-electron chi connectivity index (χ4n) is 3.36. The predicted molar refractivity (Wildman–Crippen MR) is 105 cm³/mol. The topological polar surface area (TPSA) is 68.0 Å². The van der Waals surface area contributed by atoms with Crippen molar-refractivity contribution in [2.24, 2.45) is 0 Å². The van der Waals surface area contributed by atoms with Gasteiger partial charge in [-0.2, -0.15) is 0 Å². The molecule has 1 fully saturated rings. The van der Waals surface area contributed by atoms with Gasteiger partial charge in [0.15, 0.2) is 12.2 Å². The molecule has 0 aliphatic carbocycles. The molecular weight excluding hydrogens is 358 g/mol. The lowest BCUT2D eigenvalue weighted by atomic mass is 10.1. The minimum atomic E-state index is -0.0303. The first-order valence-corrected chi connectivity index (χ1v) is 8.96. The van der Waals surface area contributed by atoms with Gasteiger partial charge in [-0.05, 0) is 29.8 Å². The number of rotatable bonds is 6. The first-order chi connectivity index (χ1) is 13.7. The third-order valence-electron chi connectivity index (χ3n) is 4.80. The van der Waals surface area contributed by atoms with E-state index in [0.29, 0.717) is 31.1 Å². The molecule has 0 spiro atoms. The van der Waals surface area contributed by atoms with Crippen LogP contribution in [-0.4, -0.2) is 43.2 Å². The van der Waals surface area contributed by atoms with E-state index in [1.54, 1.807) is 25.3 Å². The smallest absolute Gasteiger partial charge is 0.324 e. The van der Waals surface area contributed by atoms with E-state index in [2.05, 4.69) is 4.98 Å². The van der Waals surface area contributed by atoms with Gasteiger partial charge in [0, 0.05) is 31.4 Å². The zero-order valence-corrected chi connectivity index (χ0v) is 15.8. The number of urea groups is 1. The van der Waals surface area contributed by atoms with Crippen LogP contribution < -0.4 is 14.4 Å². The summed E-state index contributed by atoms with van der Waals surface area (Å²) in [6, 6.07) is 13.4. The summed E-state index contributed by atoms with van der Waals surface area (Å²) in [5.74, 6) is 2.04. The van der Waals surface area contributed by atoms with Gasteiger partial charge < -0.3 is 18.8 Å². The van der Waals surface area contributed by atoms with Crippen molar-refractivity contribution in [2.75, 3.05) is 32.2 Å². The number of hydrogen-bond acceptors (Lipinski definition) is 5. The van der Waals surface area contributed by atoms with E-state index < -0.39 is 0 Å². The van der Waals surface area contributed by atoms with Crippen LogP contribution in [0.15, 0.2) is 59.5 Å². The fraction of sp³-hybridized carbons (Fsp3) is 0.238. The molecule has 1 aromatic heterocycles. The number of nitrogens with zero attached hydrogens (tertiary/aromatic N) is 3. The summed E-state index contributed by atoms with van der Waals surface area (Å²) < 4.78 is 16.1. The number of methoxy groups -OCH3 is 2. The maximum absolute atomic E-state index is 12.9. The van der Waals surface area contributed by atoms with Crippen molar-refractivity contribution < 1.29 is 18.7 Å². The minimum absolute atomic E-state index is 0.0303. The van der Waals surface area contributed by atoms with E-state index in [1.807, 2.05) is 47.4 Å². The molecule has 0 N–H and O–H groups in total. The molecule has 0 atom stereocenters. The molecule has 1 aliphatic rings. The predicted octanol–water partition coefficient (Wildman–Crippen LogP) is 3.80. The van der Waals surface area contributed by atoms with Crippen LogP contribution in [0.1, 0.15) is 5.56 Å². The molecule has 1 aliphatic heterocycles. The Labute approximate surface area is 163 Å². The maximum Gasteiger partial charge on any atom is 0.324 e. The van der Waals surface area contributed by atoms with E-state index >= 15 is 0 Å². The van der Waals surface area contributed by atoms with Crippen molar-refractivity contribution in [2.45, 2.75) is 6.54 Å². The summed E-state index contributed by atoms with van der Waals surface area (Å²) in [7, 11) is 3.23. The van der Waals surface area contributed by atoms with Crippen LogP contribution in [0.4, 0.5) is 10.5 Å². The van der Waals surface area contributed by atoms with E-state index in [-0.39, 0.29) is 6.03 Å². The fourth-order valence-corrected chi connectivity index (χ4v) is 3.36. The molecule has 4 rings (SSSR count). The van der Waals surface area contributed by atoms with Crippen molar-refractivity contribution in [1.82, 2.24) is 9.88 Å². The third kappa shape index (κ3) is 3.38. The highest BCUT2D eigenvalue weighted by molar-refractivity contribution is 5.94. The molecule has 2 amide bonds. The van der Waals surface area contributed by atoms with Crippen LogP contribution in [0.25, 0.3) is 11.3 Å². The highest BCUT2D eigenvalue weighted by atomic mass is 16.5. The molecular formula is C21H21N3O4. The Balaban J connectivity index is 1.53. The van der Waals surface area contributed by atoms with E-state index in [4.69, 9.17) is 13.9 Å². The highest BCUT2D eigenvalue weighted by Crippen LogP contribution is 2.34. The van der Waals surface area contributed by atoms with Crippen molar-refractivity contribution in [3.63, 3.8) is 0 Å². The monoisotopic (exact) mass is 379 g/mol. The van der Waals surface area contributed by atoms with Gasteiger partial charge in [-0.15, -0.1) is 0 Å². The minimum Gasteiger partial charge on any atom is -0.497 e. The van der Waals surface area contributed by atoms with Gasteiger partial charge in [-0.25, -0.2) is 9.78 Å². The quantitative estimate of drug-likeness (QED) is 0.652. The van der Waals surface area contributed by atoms with Crippen molar-refractivity contribution in [1.29, 1.82) is 0 Å². The SMILES string of the molecule is COc1cccc(CN2CCN(c3ccc(-c4cnco4)c(OC)c3)C2=O)c1. The number of aromatic nitrogens is 1. The van der Waals surface area contributed by atoms with Crippen LogP contribution in [-0.2, 0) is 6.54 Å². The van der Waals surface area contributed by atoms with Crippen molar-refractivity contribution >= 4 is 11.7 Å². The van der Waals surface area contributed by atoms with E-state index in [1.165, 1.54) is 6.39 Å². The van der Waals surface area contributed by atoms with Crippen LogP contribution in [0.3, 0.4) is 0 Å². The Morgan fingerprint density at radius 3 is 2.75 bits per heavy atom. The van der Waals surface area contributed by atoms with Crippen LogP contribution in [0, 0.1) is 0 Å². The van der Waals surface area contributed by atoms with Crippen molar-refractivity contribution in [3.8, 4) is 22.8 Å². The lowest BCUT2D eigenvalue weighted by Crippen LogP contribution is -2.31. The standard InChI is InChI=1S/C21H21N3O4/c1-26-17-5-3-4-15(10-17)13-23-8-9-24(21(23)25)16-6-7-18(19(11-16)27-2)20-12-22-14-28-20/h3-7,10-12,14H,8-9,13H2,1-2H3. The van der Waals surface area contributed by atoms with Gasteiger partial charge in [0.05, 0.1) is 26.0 Å². The highest BCUT2D eigenvalue weighted by Gasteiger charge is 2.30. The molecule has 0 unspecified atom stereocenters. The molecule has 3 aromatic rings. The summed E-state index contributed by atoms with van der Waals surface area (Å²) in [6.07, 6.45) is 3.01. The number of anilines is 1. The summed E-state index contributed by atoms with van der Waals surface area (Å²) in [4.78, 5) is 20.5. The lowest BCUT2D eigenvalue weighted by Gasteiger charge is -2.20. The summed E-state index contributed by atoms with van der Waals surface area (Å²) >= 11 is 0. The Hall–Kier alpha value is -3.48. The Morgan fingerprint density at radius 2 is 2.00 bits per heavy atom. The summed E-state index contributed by atoms with van der Waals surface area (Å²) in [6.45, 7) is 1.82. The Bertz CT molecular complexity index is 972. The molecule has 144 valence electrons. The van der Waals surface area contributed by atoms with E-state index in [9.17, 15) is 4.79 Å². The van der Waals surface area contributed by atoms with Gasteiger partial charge in [0.2, 0.25) is 0 Å². The van der Waals surface area contributed by atoms with Gasteiger partial charge in [-0.3, -0.25) is 4.90 Å². The van der Waals surface area contributed by atoms with Gasteiger partial charge in [0.1, 0.15) is 11.5 Å². The average Bonchev–Trinajstić information content (AvgIpc) is 3.38. The van der Waals surface area contributed by atoms with Gasteiger partial charge in [-0.1, -0.05) is 12.1 Å². The molecule has 2 aromatic carbocycles. The molecule has 2 heterocycles. The average molecular weight is 379 g/mol. The number of amides is 2. The second-order valence-corrected chi connectivity index (χ2v) is 6.46. The largest absolute Gasteiger partial charge is 0.497 e. The number of carbonyl (C=O) groups is 1. The molecule has 28 heavy (non-hydrogen) atoms. The zero-order chi connectivity index (χ0) is 19.5. The lowest BCUT2D eigenvalue weighted by molar-refractivity contribution is 0.218. The molecule has 0 saturated carbocycles. The number of ether oxygens (including phenoxy) is 2. The van der Waals surface area contributed by atoms with Crippen LogP contribution in [0.2, 0.25) is 0 Å². The summed E-state index contributed by atoms with van der Waals surface area (Å²) in [5, 5.41) is 0. The van der Waals surface area contributed by atoms with Gasteiger partial charge >= 0.3 is 6.03 Å². The van der Waals surface area contributed by atoms with E-state index in [0.717, 1.165) is 22.6 Å². The van der Waals surface area contributed by atoms with Crippen LogP contribution in [0.5, 0.6) is 11.5 Å². The second-order valence-electron chi connectivity index (χ2n) is 6.46. The molecule has 1 saturated heterocycles. The maximum atomic E-state index is 12.9. The number of carbonyl (C=O) groups excluding carboxylic acids is 1. The Morgan fingerprint density at radius 1 is 1.11 bits per heavy atom. The Kier molecular flexibility index (Phi) is 4.89. The number of oxazole rings is 1. The van der Waals surface area contributed by atoms with Crippen molar-refractivity contribution in [3.05, 3.63) is 60.6 Å². The summed E-state index contributed by atoms with van der Waals surface area (Å²) in [5.41, 5.74) is 2.62. The third-order valence-corrected chi connectivity index (χ3v) is 4.80. The molecule has 0 bridgehead atoms. The zero-order valence-electron chi connectivity index (χ0n) is 15.8. The second kappa shape index (κ2) is 7.64. The first kappa shape index (κ1) is 17.9. The normalized spacial score (nSPS) is 13.9. The van der Waals surface area contributed by atoms with Crippen LogP contribution >= 0.6 is 0 Å². The molecule has 7 heteroatoms. The number of hydrogen-bond donors (Lipinski definition) is 0.